The number of benzene rings is 2. The van der Waals surface area contributed by atoms with E-state index < -0.39 is 0 Å². The molecule has 4 rings (SSSR count). The second-order valence-electron chi connectivity index (χ2n) is 8.55. The molecule has 0 radical (unpaired) electrons. The zero-order valence-electron chi connectivity index (χ0n) is 17.6. The van der Waals surface area contributed by atoms with E-state index in [0.29, 0.717) is 17.4 Å². The number of aromatic nitrogens is 2. The number of amides is 1. The van der Waals surface area contributed by atoms with Crippen LogP contribution in [0.1, 0.15) is 36.5 Å². The molecule has 5 nitrogen and oxygen atoms in total. The van der Waals surface area contributed by atoms with Crippen molar-refractivity contribution in [2.45, 2.75) is 27.2 Å². The number of imidazole rings is 1. The molecule has 1 unspecified atom stereocenters. The Hall–Kier alpha value is -2.66. The van der Waals surface area contributed by atoms with E-state index in [2.05, 4.69) is 39.7 Å². The summed E-state index contributed by atoms with van der Waals surface area (Å²) in [6, 6.07) is 15.9. The third-order valence-electron chi connectivity index (χ3n) is 5.66. The van der Waals surface area contributed by atoms with Gasteiger partial charge in [0.15, 0.2) is 0 Å². The van der Waals surface area contributed by atoms with Gasteiger partial charge >= 0.3 is 0 Å². The molecule has 29 heavy (non-hydrogen) atoms. The highest BCUT2D eigenvalue weighted by atomic mass is 16.1. The van der Waals surface area contributed by atoms with Gasteiger partial charge in [-0.05, 0) is 68.1 Å². The molecule has 0 aliphatic carbocycles. The van der Waals surface area contributed by atoms with Crippen molar-refractivity contribution in [1.29, 1.82) is 0 Å². The van der Waals surface area contributed by atoms with Gasteiger partial charge < -0.3 is 10.2 Å². The summed E-state index contributed by atoms with van der Waals surface area (Å²) in [4.78, 5) is 19.7. The van der Waals surface area contributed by atoms with Gasteiger partial charge in [-0.2, -0.15) is 0 Å². The molecule has 3 aromatic rings. The molecule has 2 aromatic carbocycles. The zero-order chi connectivity index (χ0) is 20.4. The van der Waals surface area contributed by atoms with Gasteiger partial charge in [0.2, 0.25) is 0 Å². The fourth-order valence-electron chi connectivity index (χ4n) is 4.34. The molecule has 1 N–H and O–H groups in total. The first-order valence-corrected chi connectivity index (χ1v) is 10.6. The van der Waals surface area contributed by atoms with Crippen LogP contribution in [0.2, 0.25) is 0 Å². The maximum Gasteiger partial charge on any atom is 0.251 e. The molecule has 5 heteroatoms. The van der Waals surface area contributed by atoms with Gasteiger partial charge in [-0.1, -0.05) is 26.0 Å². The number of aryl methyl sites for hydroxylation is 1. The first-order chi connectivity index (χ1) is 14.0. The molecule has 0 saturated carbocycles. The summed E-state index contributed by atoms with van der Waals surface area (Å²) in [5.41, 5.74) is 3.78. The Morgan fingerprint density at radius 2 is 1.93 bits per heavy atom. The molecule has 1 aliphatic rings. The first-order valence-electron chi connectivity index (χ1n) is 10.6. The summed E-state index contributed by atoms with van der Waals surface area (Å²) in [6.07, 6.45) is 1.17. The maximum atomic E-state index is 12.6. The molecule has 1 aliphatic heterocycles. The van der Waals surface area contributed by atoms with Crippen LogP contribution in [0.3, 0.4) is 0 Å². The minimum Gasteiger partial charge on any atom is -0.352 e. The quantitative estimate of drug-likeness (QED) is 0.691. The van der Waals surface area contributed by atoms with Crippen LogP contribution >= 0.6 is 0 Å². The molecule has 1 aromatic heterocycles. The molecule has 1 fully saturated rings. The van der Waals surface area contributed by atoms with E-state index in [-0.39, 0.29) is 5.91 Å². The Kier molecular flexibility index (Phi) is 5.67. The van der Waals surface area contributed by atoms with Crippen molar-refractivity contribution in [3.05, 3.63) is 59.9 Å². The molecule has 0 spiro atoms. The highest BCUT2D eigenvalue weighted by molar-refractivity contribution is 5.94. The summed E-state index contributed by atoms with van der Waals surface area (Å²) in [6.45, 7) is 10.6. The second-order valence-corrected chi connectivity index (χ2v) is 8.55. The fourth-order valence-corrected chi connectivity index (χ4v) is 4.34. The van der Waals surface area contributed by atoms with Crippen LogP contribution in [0.4, 0.5) is 0 Å². The summed E-state index contributed by atoms with van der Waals surface area (Å²) in [7, 11) is 0. The number of nitrogens with one attached hydrogen (secondary N) is 1. The van der Waals surface area contributed by atoms with E-state index in [1.54, 1.807) is 0 Å². The van der Waals surface area contributed by atoms with E-state index in [0.717, 1.165) is 48.7 Å². The van der Waals surface area contributed by atoms with Crippen molar-refractivity contribution in [3.8, 4) is 5.69 Å². The van der Waals surface area contributed by atoms with Gasteiger partial charge in [0.25, 0.3) is 5.91 Å². The Morgan fingerprint density at radius 1 is 1.17 bits per heavy atom. The lowest BCUT2D eigenvalue weighted by atomic mass is 10.1. The normalized spacial score (nSPS) is 17.3. The van der Waals surface area contributed by atoms with Crippen molar-refractivity contribution < 1.29 is 4.79 Å². The third kappa shape index (κ3) is 4.35. The number of para-hydroxylation sites is 2. The van der Waals surface area contributed by atoms with Gasteiger partial charge in [0.05, 0.1) is 11.0 Å². The summed E-state index contributed by atoms with van der Waals surface area (Å²) in [5.74, 6) is 2.19. The largest absolute Gasteiger partial charge is 0.352 e. The predicted molar refractivity (Wildman–Crippen MR) is 118 cm³/mol. The lowest BCUT2D eigenvalue weighted by Crippen LogP contribution is -2.31. The van der Waals surface area contributed by atoms with Crippen LogP contribution in [0.5, 0.6) is 0 Å². The van der Waals surface area contributed by atoms with Crippen LogP contribution in [0.25, 0.3) is 16.7 Å². The smallest absolute Gasteiger partial charge is 0.251 e. The number of carbonyl (C=O) groups excluding carboxylic acids is 1. The number of likely N-dealkylation sites (tertiary alicyclic amines) is 1. The van der Waals surface area contributed by atoms with Crippen LogP contribution in [0.15, 0.2) is 48.5 Å². The Bertz CT molecular complexity index is 990. The van der Waals surface area contributed by atoms with E-state index in [1.807, 2.05) is 49.4 Å². The van der Waals surface area contributed by atoms with E-state index in [1.165, 1.54) is 6.42 Å². The highest BCUT2D eigenvalue weighted by Crippen LogP contribution is 2.21. The van der Waals surface area contributed by atoms with Crippen molar-refractivity contribution in [3.63, 3.8) is 0 Å². The van der Waals surface area contributed by atoms with Crippen LogP contribution in [0, 0.1) is 18.8 Å². The molecule has 0 bridgehead atoms. The van der Waals surface area contributed by atoms with Crippen LogP contribution < -0.4 is 5.32 Å². The highest BCUT2D eigenvalue weighted by Gasteiger charge is 2.23. The van der Waals surface area contributed by atoms with Gasteiger partial charge in [-0.15, -0.1) is 0 Å². The lowest BCUT2D eigenvalue weighted by Gasteiger charge is -2.18. The number of carbonyl (C=O) groups is 1. The van der Waals surface area contributed by atoms with Crippen LogP contribution in [-0.4, -0.2) is 46.5 Å². The van der Waals surface area contributed by atoms with Crippen molar-refractivity contribution >= 4 is 16.9 Å². The second kappa shape index (κ2) is 8.37. The molecule has 2 heterocycles. The van der Waals surface area contributed by atoms with E-state index in [4.69, 9.17) is 0 Å². The number of nitrogens with zero attached hydrogens (tertiary/aromatic N) is 3. The average molecular weight is 391 g/mol. The third-order valence-corrected chi connectivity index (χ3v) is 5.66. The van der Waals surface area contributed by atoms with Gasteiger partial charge in [0.1, 0.15) is 5.82 Å². The van der Waals surface area contributed by atoms with Crippen molar-refractivity contribution in [2.75, 3.05) is 26.2 Å². The standard InChI is InChI=1S/C24H30N4O/c1-17(2)15-27-13-12-19(16-27)14-25-24(29)20-8-10-21(11-9-20)28-18(3)26-22-6-4-5-7-23(22)28/h4-11,17,19H,12-16H2,1-3H3,(H,25,29). The summed E-state index contributed by atoms with van der Waals surface area (Å²) in [5, 5.41) is 3.13. The van der Waals surface area contributed by atoms with Crippen molar-refractivity contribution in [1.82, 2.24) is 19.8 Å². The molecular formula is C24H30N4O. The van der Waals surface area contributed by atoms with Crippen molar-refractivity contribution in [2.24, 2.45) is 11.8 Å². The first kappa shape index (κ1) is 19.6. The zero-order valence-corrected chi connectivity index (χ0v) is 17.6. The van der Waals surface area contributed by atoms with Gasteiger partial charge in [0, 0.05) is 30.9 Å². The monoisotopic (exact) mass is 390 g/mol. The Morgan fingerprint density at radius 3 is 2.69 bits per heavy atom. The number of fused-ring (bicyclic) bond motifs is 1. The molecule has 1 amide bonds. The summed E-state index contributed by atoms with van der Waals surface area (Å²) >= 11 is 0. The molecule has 152 valence electrons. The number of rotatable bonds is 6. The predicted octanol–water partition coefficient (Wildman–Crippen LogP) is 4.04. The van der Waals surface area contributed by atoms with E-state index in [9.17, 15) is 4.79 Å². The maximum absolute atomic E-state index is 12.6. The van der Waals surface area contributed by atoms with E-state index >= 15 is 0 Å². The molecule has 1 saturated heterocycles. The van der Waals surface area contributed by atoms with Crippen LogP contribution in [-0.2, 0) is 0 Å². The lowest BCUT2D eigenvalue weighted by molar-refractivity contribution is 0.0947. The Labute approximate surface area is 172 Å². The minimum atomic E-state index is 0.00562. The summed E-state index contributed by atoms with van der Waals surface area (Å²) < 4.78 is 2.12. The van der Waals surface area contributed by atoms with Gasteiger partial charge in [-0.3, -0.25) is 9.36 Å². The minimum absolute atomic E-state index is 0.00562. The van der Waals surface area contributed by atoms with Gasteiger partial charge in [-0.25, -0.2) is 4.98 Å². The average Bonchev–Trinajstić information content (AvgIpc) is 3.28. The molecule has 1 atom stereocenters. The topological polar surface area (TPSA) is 50.2 Å². The molecular weight excluding hydrogens is 360 g/mol. The number of hydrogen-bond acceptors (Lipinski definition) is 3. The number of hydrogen-bond donors (Lipinski definition) is 1. The SMILES string of the molecule is Cc1nc2ccccc2n1-c1ccc(C(=O)NCC2CCN(CC(C)C)C2)cc1. The Balaban J connectivity index is 1.39. The fraction of sp³-hybridized carbons (Fsp3) is 0.417.